The van der Waals surface area contributed by atoms with E-state index < -0.39 is 5.60 Å². The summed E-state index contributed by atoms with van der Waals surface area (Å²) < 4.78 is 0. The predicted octanol–water partition coefficient (Wildman–Crippen LogP) is 3.18. The van der Waals surface area contributed by atoms with Crippen LogP contribution in [0.25, 0.3) is 10.9 Å². The van der Waals surface area contributed by atoms with E-state index in [9.17, 15) is 5.11 Å². The fraction of sp³-hybridized carbons (Fsp3) is 0.429. The lowest BCUT2D eigenvalue weighted by Gasteiger charge is -2.23. The van der Waals surface area contributed by atoms with Crippen LogP contribution in [-0.2, 0) is 5.60 Å². The number of aromatic nitrogens is 1. The molecule has 2 aromatic rings. The largest absolute Gasteiger partial charge is 0.385 e. The third-order valence-electron chi connectivity index (χ3n) is 3.83. The second-order valence-corrected chi connectivity index (χ2v) is 5.16. The molecule has 0 aliphatic heterocycles. The van der Waals surface area contributed by atoms with E-state index in [4.69, 9.17) is 0 Å². The van der Waals surface area contributed by atoms with Crippen LogP contribution in [0.1, 0.15) is 31.7 Å². The van der Waals surface area contributed by atoms with Crippen molar-refractivity contribution in [2.45, 2.75) is 31.8 Å². The van der Waals surface area contributed by atoms with E-state index in [-0.39, 0.29) is 0 Å². The van der Waals surface area contributed by atoms with E-state index in [2.05, 4.69) is 36.2 Å². The van der Waals surface area contributed by atoms with E-state index in [0.29, 0.717) is 5.92 Å². The summed E-state index contributed by atoms with van der Waals surface area (Å²) in [5.74, 6) is 0.631. The zero-order valence-electron chi connectivity index (χ0n) is 9.53. The Hall–Kier alpha value is -1.28. The Balaban J connectivity index is 2.05. The van der Waals surface area contributed by atoms with Gasteiger partial charge in [0.05, 0.1) is 5.60 Å². The van der Waals surface area contributed by atoms with E-state index in [1.165, 1.54) is 5.39 Å². The highest BCUT2D eigenvalue weighted by molar-refractivity contribution is 5.80. The minimum absolute atomic E-state index is 0.592. The van der Waals surface area contributed by atoms with Gasteiger partial charge in [-0.2, -0.15) is 0 Å². The Morgan fingerprint density at radius 1 is 1.38 bits per heavy atom. The zero-order chi connectivity index (χ0) is 11.2. The number of nitrogens with one attached hydrogen (secondary N) is 1. The van der Waals surface area contributed by atoms with Crippen LogP contribution in [0.3, 0.4) is 0 Å². The summed E-state index contributed by atoms with van der Waals surface area (Å²) in [4.78, 5) is 3.18. The SMILES string of the molecule is CC1CCC(O)(c2ccc3[nH]ccc3c2)C1. The van der Waals surface area contributed by atoms with Crippen molar-refractivity contribution in [2.75, 3.05) is 0 Å². The molecule has 3 rings (SSSR count). The van der Waals surface area contributed by atoms with Crippen LogP contribution < -0.4 is 0 Å². The van der Waals surface area contributed by atoms with Crippen LogP contribution in [-0.4, -0.2) is 10.1 Å². The summed E-state index contributed by atoms with van der Waals surface area (Å²) in [7, 11) is 0. The van der Waals surface area contributed by atoms with Gasteiger partial charge in [0.25, 0.3) is 0 Å². The average molecular weight is 215 g/mol. The number of benzene rings is 1. The fourth-order valence-corrected chi connectivity index (χ4v) is 2.87. The first-order valence-corrected chi connectivity index (χ1v) is 5.97. The average Bonchev–Trinajstić information content (AvgIpc) is 2.84. The Morgan fingerprint density at radius 2 is 2.25 bits per heavy atom. The second kappa shape index (κ2) is 3.36. The topological polar surface area (TPSA) is 36.0 Å². The molecule has 0 bridgehead atoms. The first-order chi connectivity index (χ1) is 7.67. The van der Waals surface area contributed by atoms with Crippen LogP contribution >= 0.6 is 0 Å². The molecule has 1 fully saturated rings. The standard InChI is InChI=1S/C14H17NO/c1-10-4-6-14(16,9-10)12-2-3-13-11(8-12)5-7-15-13/h2-3,5,7-8,10,15-16H,4,6,9H2,1H3. The maximum absolute atomic E-state index is 10.6. The maximum Gasteiger partial charge on any atom is 0.0899 e. The van der Waals surface area contributed by atoms with Crippen LogP contribution in [0.2, 0.25) is 0 Å². The van der Waals surface area contributed by atoms with Crippen LogP contribution in [0, 0.1) is 5.92 Å². The molecule has 0 amide bonds. The van der Waals surface area contributed by atoms with Crippen molar-refractivity contribution in [3.05, 3.63) is 36.0 Å². The van der Waals surface area contributed by atoms with Gasteiger partial charge in [-0.15, -0.1) is 0 Å². The molecule has 1 heterocycles. The number of rotatable bonds is 1. The number of aliphatic hydroxyl groups is 1. The molecule has 2 unspecified atom stereocenters. The molecule has 1 aromatic carbocycles. The molecule has 16 heavy (non-hydrogen) atoms. The predicted molar refractivity (Wildman–Crippen MR) is 65.2 cm³/mol. The molecule has 0 saturated heterocycles. The molecule has 0 radical (unpaired) electrons. The van der Waals surface area contributed by atoms with Crippen molar-refractivity contribution in [3.63, 3.8) is 0 Å². The van der Waals surface area contributed by atoms with Gasteiger partial charge < -0.3 is 10.1 Å². The van der Waals surface area contributed by atoms with Crippen molar-refractivity contribution in [1.82, 2.24) is 4.98 Å². The van der Waals surface area contributed by atoms with E-state index in [0.717, 1.165) is 30.3 Å². The molecule has 0 spiro atoms. The summed E-state index contributed by atoms with van der Waals surface area (Å²) in [6.45, 7) is 2.22. The number of fused-ring (bicyclic) bond motifs is 1. The van der Waals surface area contributed by atoms with Gasteiger partial charge in [0, 0.05) is 11.7 Å². The van der Waals surface area contributed by atoms with E-state index >= 15 is 0 Å². The van der Waals surface area contributed by atoms with E-state index in [1.54, 1.807) is 0 Å². The molecule has 2 heteroatoms. The normalized spacial score (nSPS) is 30.0. The molecule has 84 valence electrons. The van der Waals surface area contributed by atoms with Gasteiger partial charge in [-0.1, -0.05) is 13.0 Å². The highest BCUT2D eigenvalue weighted by Crippen LogP contribution is 2.42. The monoisotopic (exact) mass is 215 g/mol. The molecule has 1 saturated carbocycles. The Bertz CT molecular complexity index is 516. The third kappa shape index (κ3) is 1.45. The Labute approximate surface area is 95.3 Å². The Morgan fingerprint density at radius 3 is 3.00 bits per heavy atom. The fourth-order valence-electron chi connectivity index (χ4n) is 2.87. The highest BCUT2D eigenvalue weighted by atomic mass is 16.3. The molecule has 1 aromatic heterocycles. The van der Waals surface area contributed by atoms with Crippen molar-refractivity contribution in [1.29, 1.82) is 0 Å². The third-order valence-corrected chi connectivity index (χ3v) is 3.83. The number of H-pyrrole nitrogens is 1. The number of hydrogen-bond donors (Lipinski definition) is 2. The van der Waals surface area contributed by atoms with Crippen molar-refractivity contribution < 1.29 is 5.11 Å². The highest BCUT2D eigenvalue weighted by Gasteiger charge is 2.36. The van der Waals surface area contributed by atoms with E-state index in [1.807, 2.05) is 6.20 Å². The first-order valence-electron chi connectivity index (χ1n) is 5.97. The van der Waals surface area contributed by atoms with Crippen molar-refractivity contribution >= 4 is 10.9 Å². The quantitative estimate of drug-likeness (QED) is 0.753. The van der Waals surface area contributed by atoms with Gasteiger partial charge >= 0.3 is 0 Å². The van der Waals surface area contributed by atoms with Crippen LogP contribution in [0.4, 0.5) is 0 Å². The lowest BCUT2D eigenvalue weighted by molar-refractivity contribution is 0.0409. The van der Waals surface area contributed by atoms with Gasteiger partial charge in [0.15, 0.2) is 0 Å². The molecular formula is C14H17NO. The van der Waals surface area contributed by atoms with Gasteiger partial charge in [0.2, 0.25) is 0 Å². The molecular weight excluding hydrogens is 198 g/mol. The first kappa shape index (κ1) is 9.91. The summed E-state index contributed by atoms with van der Waals surface area (Å²) in [5, 5.41) is 11.8. The maximum atomic E-state index is 10.6. The van der Waals surface area contributed by atoms with Gasteiger partial charge in [0.1, 0.15) is 0 Å². The van der Waals surface area contributed by atoms with Gasteiger partial charge in [-0.05, 0) is 54.3 Å². The molecule has 2 atom stereocenters. The number of aromatic amines is 1. The summed E-state index contributed by atoms with van der Waals surface area (Å²) in [6.07, 6.45) is 4.85. The number of hydrogen-bond acceptors (Lipinski definition) is 1. The smallest absolute Gasteiger partial charge is 0.0899 e. The lowest BCUT2D eigenvalue weighted by atomic mass is 9.90. The summed E-state index contributed by atoms with van der Waals surface area (Å²) in [6, 6.07) is 8.28. The minimum atomic E-state index is -0.592. The van der Waals surface area contributed by atoms with Crippen LogP contribution in [0.5, 0.6) is 0 Å². The summed E-state index contributed by atoms with van der Waals surface area (Å²) in [5.41, 5.74) is 1.62. The second-order valence-electron chi connectivity index (χ2n) is 5.16. The van der Waals surface area contributed by atoms with Crippen molar-refractivity contribution in [2.24, 2.45) is 5.92 Å². The zero-order valence-corrected chi connectivity index (χ0v) is 9.53. The minimum Gasteiger partial charge on any atom is -0.385 e. The molecule has 1 aliphatic carbocycles. The Kier molecular flexibility index (Phi) is 2.08. The molecule has 1 aliphatic rings. The lowest BCUT2D eigenvalue weighted by Crippen LogP contribution is -2.21. The summed E-state index contributed by atoms with van der Waals surface area (Å²) >= 11 is 0. The van der Waals surface area contributed by atoms with Gasteiger partial charge in [-0.25, -0.2) is 0 Å². The molecule has 2 nitrogen and oxygen atoms in total. The molecule has 2 N–H and O–H groups in total. The van der Waals surface area contributed by atoms with Gasteiger partial charge in [-0.3, -0.25) is 0 Å². The van der Waals surface area contributed by atoms with Crippen molar-refractivity contribution in [3.8, 4) is 0 Å². The van der Waals surface area contributed by atoms with Crippen LogP contribution in [0.15, 0.2) is 30.5 Å².